The van der Waals surface area contributed by atoms with Gasteiger partial charge in [0.05, 0.1) is 19.2 Å². The molecule has 2 aliphatic heterocycles. The summed E-state index contributed by atoms with van der Waals surface area (Å²) in [5.74, 6) is 0.840. The topological polar surface area (TPSA) is 57.6 Å². The molecule has 3 heterocycles. The maximum absolute atomic E-state index is 10.2. The van der Waals surface area contributed by atoms with Gasteiger partial charge < -0.3 is 14.7 Å². The van der Waals surface area contributed by atoms with Gasteiger partial charge in [0, 0.05) is 18.6 Å². The number of hydrogen-bond donors (Lipinski definition) is 2. The number of benzene rings is 1. The second-order valence-electron chi connectivity index (χ2n) is 5.87. The van der Waals surface area contributed by atoms with E-state index < -0.39 is 6.10 Å². The monoisotopic (exact) mass is 309 g/mol. The summed E-state index contributed by atoms with van der Waals surface area (Å²) in [5.41, 5.74) is 2.34. The van der Waals surface area contributed by atoms with Gasteiger partial charge in [-0.1, -0.05) is 12.1 Å². The molecule has 0 aliphatic carbocycles. The molecule has 4 rings (SSSR count). The molecular weight excluding hydrogens is 290 g/mol. The quantitative estimate of drug-likeness (QED) is 0.908. The highest BCUT2D eigenvalue weighted by molar-refractivity contribution is 5.35. The van der Waals surface area contributed by atoms with Gasteiger partial charge in [-0.05, 0) is 41.5 Å². The summed E-state index contributed by atoms with van der Waals surface area (Å²) in [6.07, 6.45) is 6.84. The number of aliphatic hydroxyl groups excluding tert-OH is 1. The molecule has 0 amide bonds. The Balaban J connectivity index is 1.73. The third-order valence-corrected chi connectivity index (χ3v) is 4.61. The highest BCUT2D eigenvalue weighted by Crippen LogP contribution is 2.43. The molecule has 0 bridgehead atoms. The molecule has 5 nitrogen and oxygen atoms in total. The Morgan fingerprint density at radius 1 is 1.09 bits per heavy atom. The van der Waals surface area contributed by atoms with Crippen LogP contribution in [0.5, 0.6) is 5.75 Å². The lowest BCUT2D eigenvalue weighted by Crippen LogP contribution is -2.38. The Morgan fingerprint density at radius 3 is 2.52 bits per heavy atom. The average molecular weight is 309 g/mol. The normalized spacial score (nSPS) is 28.9. The lowest BCUT2D eigenvalue weighted by atomic mass is 9.94. The molecular formula is C18H19N3O2. The molecule has 5 heteroatoms. The number of aliphatic hydroxyl groups is 1. The average Bonchev–Trinajstić information content (AvgIpc) is 3.16. The van der Waals surface area contributed by atoms with Crippen molar-refractivity contribution in [1.29, 1.82) is 0 Å². The second kappa shape index (κ2) is 5.68. The maximum Gasteiger partial charge on any atom is 0.118 e. The number of ether oxygens (including phenoxy) is 1. The van der Waals surface area contributed by atoms with Gasteiger partial charge in [0.1, 0.15) is 18.0 Å². The molecule has 118 valence electrons. The van der Waals surface area contributed by atoms with Crippen molar-refractivity contribution in [1.82, 2.24) is 15.2 Å². The molecule has 2 N–H and O–H groups in total. The molecule has 0 spiro atoms. The fourth-order valence-electron chi connectivity index (χ4n) is 3.47. The van der Waals surface area contributed by atoms with Gasteiger partial charge in [0.25, 0.3) is 0 Å². The van der Waals surface area contributed by atoms with E-state index in [1.165, 1.54) is 11.1 Å². The molecule has 1 fully saturated rings. The van der Waals surface area contributed by atoms with Crippen LogP contribution in [0.3, 0.4) is 0 Å². The highest BCUT2D eigenvalue weighted by Gasteiger charge is 2.45. The first-order valence-electron chi connectivity index (χ1n) is 7.71. The molecule has 0 radical (unpaired) electrons. The Labute approximate surface area is 135 Å². The van der Waals surface area contributed by atoms with Crippen molar-refractivity contribution in [3.8, 4) is 5.75 Å². The predicted octanol–water partition coefficient (Wildman–Crippen LogP) is 1.99. The van der Waals surface area contributed by atoms with Crippen molar-refractivity contribution in [3.05, 3.63) is 72.2 Å². The number of fused-ring (bicyclic) bond motifs is 1. The number of hydrogen-bond acceptors (Lipinski definition) is 5. The van der Waals surface area contributed by atoms with Crippen LogP contribution in [0.4, 0.5) is 0 Å². The number of methoxy groups -OCH3 is 1. The van der Waals surface area contributed by atoms with E-state index in [9.17, 15) is 5.11 Å². The van der Waals surface area contributed by atoms with Crippen LogP contribution >= 0.6 is 0 Å². The zero-order valence-electron chi connectivity index (χ0n) is 12.8. The van der Waals surface area contributed by atoms with E-state index >= 15 is 0 Å². The molecule has 1 aromatic heterocycles. The van der Waals surface area contributed by atoms with Crippen LogP contribution in [0.2, 0.25) is 0 Å². The number of nitrogens with one attached hydrogen (secondary N) is 1. The minimum atomic E-state index is -0.498. The van der Waals surface area contributed by atoms with E-state index in [-0.39, 0.29) is 18.2 Å². The van der Waals surface area contributed by atoms with Crippen LogP contribution in [0.15, 0.2) is 61.1 Å². The van der Waals surface area contributed by atoms with Crippen LogP contribution < -0.4 is 10.1 Å². The lowest BCUT2D eigenvalue weighted by Gasteiger charge is -2.27. The molecule has 1 aromatic carbocycles. The summed E-state index contributed by atoms with van der Waals surface area (Å²) in [4.78, 5) is 6.30. The molecule has 4 unspecified atom stereocenters. The first kappa shape index (κ1) is 14.2. The zero-order chi connectivity index (χ0) is 15.8. The SMILES string of the molecule is COc1ccc(C2NC3C(O)C=CN3C2c2ccncc2)cc1. The fourth-order valence-corrected chi connectivity index (χ4v) is 3.47. The van der Waals surface area contributed by atoms with Gasteiger partial charge in [-0.2, -0.15) is 0 Å². The second-order valence-corrected chi connectivity index (χ2v) is 5.87. The summed E-state index contributed by atoms with van der Waals surface area (Å²) in [7, 11) is 1.67. The standard InChI is InChI=1S/C18H19N3O2/c1-23-14-4-2-12(3-5-14)16-17(13-6-9-19-10-7-13)21-11-8-15(22)18(21)20-16/h2-11,15-18,20,22H,1H3. The minimum absolute atomic E-state index is 0.0907. The maximum atomic E-state index is 10.2. The van der Waals surface area contributed by atoms with Crippen LogP contribution in [0.1, 0.15) is 23.2 Å². The van der Waals surface area contributed by atoms with Crippen molar-refractivity contribution < 1.29 is 9.84 Å². The zero-order valence-corrected chi connectivity index (χ0v) is 12.8. The first-order chi connectivity index (χ1) is 11.3. The third-order valence-electron chi connectivity index (χ3n) is 4.61. The van der Waals surface area contributed by atoms with Gasteiger partial charge in [-0.25, -0.2) is 0 Å². The van der Waals surface area contributed by atoms with Crippen molar-refractivity contribution in [2.75, 3.05) is 7.11 Å². The van der Waals surface area contributed by atoms with Crippen LogP contribution in [0.25, 0.3) is 0 Å². The number of pyridine rings is 1. The molecule has 2 aromatic rings. The molecule has 4 atom stereocenters. The van der Waals surface area contributed by atoms with Gasteiger partial charge in [0.2, 0.25) is 0 Å². The summed E-state index contributed by atoms with van der Waals surface area (Å²) in [6, 6.07) is 12.4. The Kier molecular flexibility index (Phi) is 3.52. The van der Waals surface area contributed by atoms with Gasteiger partial charge in [0.15, 0.2) is 0 Å². The number of rotatable bonds is 3. The van der Waals surface area contributed by atoms with E-state index in [1.54, 1.807) is 7.11 Å². The Bertz CT molecular complexity index is 702. The fraction of sp³-hybridized carbons (Fsp3) is 0.278. The highest BCUT2D eigenvalue weighted by atomic mass is 16.5. The van der Waals surface area contributed by atoms with Crippen molar-refractivity contribution >= 4 is 0 Å². The summed E-state index contributed by atoms with van der Waals surface area (Å²) in [5, 5.41) is 13.7. The van der Waals surface area contributed by atoms with E-state index in [0.29, 0.717) is 0 Å². The first-order valence-corrected chi connectivity index (χ1v) is 7.71. The summed E-state index contributed by atoms with van der Waals surface area (Å²) < 4.78 is 5.24. The molecule has 23 heavy (non-hydrogen) atoms. The molecule has 1 saturated heterocycles. The van der Waals surface area contributed by atoms with Crippen LogP contribution in [-0.2, 0) is 0 Å². The Hall–Kier alpha value is -2.37. The predicted molar refractivity (Wildman–Crippen MR) is 86.6 cm³/mol. The third kappa shape index (κ3) is 2.38. The van der Waals surface area contributed by atoms with E-state index in [0.717, 1.165) is 5.75 Å². The van der Waals surface area contributed by atoms with Crippen LogP contribution in [-0.4, -0.2) is 34.4 Å². The summed E-state index contributed by atoms with van der Waals surface area (Å²) in [6.45, 7) is 0. The lowest BCUT2D eigenvalue weighted by molar-refractivity contribution is 0.132. The summed E-state index contributed by atoms with van der Waals surface area (Å²) >= 11 is 0. The number of nitrogens with zero attached hydrogens (tertiary/aromatic N) is 2. The van der Waals surface area contributed by atoms with Crippen LogP contribution in [0, 0.1) is 0 Å². The smallest absolute Gasteiger partial charge is 0.118 e. The van der Waals surface area contributed by atoms with Crippen molar-refractivity contribution in [2.24, 2.45) is 0 Å². The van der Waals surface area contributed by atoms with E-state index in [1.807, 2.05) is 48.9 Å². The van der Waals surface area contributed by atoms with Gasteiger partial charge in [-0.15, -0.1) is 0 Å². The molecule has 0 saturated carbocycles. The van der Waals surface area contributed by atoms with Crippen molar-refractivity contribution in [2.45, 2.75) is 24.4 Å². The minimum Gasteiger partial charge on any atom is -0.497 e. The van der Waals surface area contributed by atoms with E-state index in [4.69, 9.17) is 4.74 Å². The largest absolute Gasteiger partial charge is 0.497 e. The Morgan fingerprint density at radius 2 is 1.83 bits per heavy atom. The molecule has 2 aliphatic rings. The van der Waals surface area contributed by atoms with Gasteiger partial charge in [-0.3, -0.25) is 10.3 Å². The van der Waals surface area contributed by atoms with Gasteiger partial charge >= 0.3 is 0 Å². The van der Waals surface area contributed by atoms with Crippen molar-refractivity contribution in [3.63, 3.8) is 0 Å². The van der Waals surface area contributed by atoms with E-state index in [2.05, 4.69) is 27.3 Å². The number of aromatic nitrogens is 1.